The van der Waals surface area contributed by atoms with Crippen LogP contribution in [0.1, 0.15) is 12.2 Å². The summed E-state index contributed by atoms with van der Waals surface area (Å²) in [5.74, 6) is 1.82. The number of rotatable bonds is 4. The van der Waals surface area contributed by atoms with Gasteiger partial charge in [0.15, 0.2) is 0 Å². The predicted octanol–water partition coefficient (Wildman–Crippen LogP) is 0.979. The number of furan rings is 1. The molecule has 0 bridgehead atoms. The van der Waals surface area contributed by atoms with Crippen molar-refractivity contribution in [1.29, 1.82) is 0 Å². The van der Waals surface area contributed by atoms with Crippen molar-refractivity contribution in [2.75, 3.05) is 19.6 Å². The van der Waals surface area contributed by atoms with E-state index in [1.165, 1.54) is 13.0 Å². The highest BCUT2D eigenvalue weighted by molar-refractivity contribution is 4.97. The minimum absolute atomic E-state index is 0.801. The van der Waals surface area contributed by atoms with Gasteiger partial charge in [-0.05, 0) is 44.1 Å². The van der Waals surface area contributed by atoms with Crippen molar-refractivity contribution in [3.8, 4) is 0 Å². The van der Waals surface area contributed by atoms with Crippen LogP contribution in [0.5, 0.6) is 0 Å². The predicted molar refractivity (Wildman–Crippen MR) is 51.4 cm³/mol. The van der Waals surface area contributed by atoms with Gasteiger partial charge in [-0.1, -0.05) is 0 Å². The molecule has 0 saturated carbocycles. The highest BCUT2D eigenvalue weighted by atomic mass is 16.3. The Labute approximate surface area is 78.5 Å². The Kier molecular flexibility index (Phi) is 3.00. The largest absolute Gasteiger partial charge is 0.468 e. The summed E-state index contributed by atoms with van der Waals surface area (Å²) in [5.41, 5.74) is 0. The van der Waals surface area contributed by atoms with E-state index in [4.69, 9.17) is 4.42 Å². The van der Waals surface area contributed by atoms with E-state index in [-0.39, 0.29) is 0 Å². The van der Waals surface area contributed by atoms with E-state index >= 15 is 0 Å². The van der Waals surface area contributed by atoms with Crippen LogP contribution in [0.4, 0.5) is 0 Å². The maximum Gasteiger partial charge on any atom is 0.117 e. The van der Waals surface area contributed by atoms with Gasteiger partial charge in [-0.25, -0.2) is 0 Å². The molecule has 13 heavy (non-hydrogen) atoms. The summed E-state index contributed by atoms with van der Waals surface area (Å²) in [7, 11) is 0. The summed E-state index contributed by atoms with van der Waals surface area (Å²) in [6.07, 6.45) is 3.01. The molecule has 0 unspecified atom stereocenters. The smallest absolute Gasteiger partial charge is 0.117 e. The van der Waals surface area contributed by atoms with Crippen molar-refractivity contribution in [1.82, 2.24) is 10.6 Å². The van der Waals surface area contributed by atoms with Crippen LogP contribution in [0.2, 0.25) is 0 Å². The third kappa shape index (κ3) is 2.57. The molecular formula is C10H16N2O. The molecule has 1 aromatic heterocycles. The summed E-state index contributed by atoms with van der Waals surface area (Å²) in [4.78, 5) is 0. The standard InChI is InChI=1S/C10H16N2O/c1-2-10(13-5-1)8-12-7-9-3-4-11-6-9/h1-2,5,9,11-12H,3-4,6-8H2/t9-/m1/s1. The van der Waals surface area contributed by atoms with Gasteiger partial charge in [0.05, 0.1) is 12.8 Å². The molecule has 0 radical (unpaired) electrons. The summed E-state index contributed by atoms with van der Waals surface area (Å²) >= 11 is 0. The van der Waals surface area contributed by atoms with Gasteiger partial charge in [0.25, 0.3) is 0 Å². The Bertz CT molecular complexity index is 227. The molecule has 72 valence electrons. The average Bonchev–Trinajstić information content (AvgIpc) is 2.75. The lowest BCUT2D eigenvalue weighted by molar-refractivity contribution is 0.453. The molecule has 0 aromatic carbocycles. The molecule has 0 amide bonds. The van der Waals surface area contributed by atoms with Crippen LogP contribution in [-0.2, 0) is 6.54 Å². The van der Waals surface area contributed by atoms with Gasteiger partial charge >= 0.3 is 0 Å². The average molecular weight is 180 g/mol. The Morgan fingerprint density at radius 3 is 3.31 bits per heavy atom. The first-order chi connectivity index (χ1) is 6.45. The number of nitrogens with one attached hydrogen (secondary N) is 2. The van der Waals surface area contributed by atoms with E-state index in [0.29, 0.717) is 0 Å². The fraction of sp³-hybridized carbons (Fsp3) is 0.600. The minimum atomic E-state index is 0.801. The van der Waals surface area contributed by atoms with E-state index in [0.717, 1.165) is 31.3 Å². The van der Waals surface area contributed by atoms with Crippen LogP contribution in [-0.4, -0.2) is 19.6 Å². The highest BCUT2D eigenvalue weighted by Gasteiger charge is 2.13. The molecule has 2 heterocycles. The molecule has 0 aliphatic carbocycles. The molecular weight excluding hydrogens is 164 g/mol. The summed E-state index contributed by atoms with van der Waals surface area (Å²) < 4.78 is 5.22. The maximum atomic E-state index is 5.22. The van der Waals surface area contributed by atoms with Crippen LogP contribution in [0, 0.1) is 5.92 Å². The van der Waals surface area contributed by atoms with Gasteiger partial charge in [-0.3, -0.25) is 0 Å². The zero-order chi connectivity index (χ0) is 8.93. The van der Waals surface area contributed by atoms with Crippen molar-refractivity contribution in [2.24, 2.45) is 5.92 Å². The van der Waals surface area contributed by atoms with Gasteiger partial charge in [0.1, 0.15) is 5.76 Å². The fourth-order valence-corrected chi connectivity index (χ4v) is 1.70. The van der Waals surface area contributed by atoms with Gasteiger partial charge in [-0.2, -0.15) is 0 Å². The van der Waals surface area contributed by atoms with Crippen molar-refractivity contribution in [2.45, 2.75) is 13.0 Å². The van der Waals surface area contributed by atoms with Crippen molar-refractivity contribution < 1.29 is 4.42 Å². The van der Waals surface area contributed by atoms with E-state index in [1.807, 2.05) is 12.1 Å². The van der Waals surface area contributed by atoms with Crippen LogP contribution >= 0.6 is 0 Å². The molecule has 3 heteroatoms. The summed E-state index contributed by atoms with van der Waals surface area (Å²) in [6.45, 7) is 4.27. The van der Waals surface area contributed by atoms with Gasteiger partial charge in [0, 0.05) is 0 Å². The topological polar surface area (TPSA) is 37.2 Å². The Hall–Kier alpha value is -0.800. The lowest BCUT2D eigenvalue weighted by atomic mass is 10.1. The second kappa shape index (κ2) is 4.44. The fourth-order valence-electron chi connectivity index (χ4n) is 1.70. The molecule has 1 atom stereocenters. The Morgan fingerprint density at radius 1 is 1.62 bits per heavy atom. The first kappa shape index (κ1) is 8.78. The first-order valence-electron chi connectivity index (χ1n) is 4.89. The molecule has 0 spiro atoms. The number of hydrogen-bond acceptors (Lipinski definition) is 3. The minimum Gasteiger partial charge on any atom is -0.468 e. The maximum absolute atomic E-state index is 5.22. The van der Waals surface area contributed by atoms with Crippen LogP contribution < -0.4 is 10.6 Å². The van der Waals surface area contributed by atoms with Crippen LogP contribution in [0.25, 0.3) is 0 Å². The van der Waals surface area contributed by atoms with Gasteiger partial charge < -0.3 is 15.1 Å². The third-order valence-corrected chi connectivity index (χ3v) is 2.47. The molecule has 1 aliphatic heterocycles. The second-order valence-corrected chi connectivity index (χ2v) is 3.57. The van der Waals surface area contributed by atoms with E-state index in [2.05, 4.69) is 10.6 Å². The van der Waals surface area contributed by atoms with Gasteiger partial charge in [-0.15, -0.1) is 0 Å². The second-order valence-electron chi connectivity index (χ2n) is 3.57. The normalized spacial score (nSPS) is 22.3. The quantitative estimate of drug-likeness (QED) is 0.725. The summed E-state index contributed by atoms with van der Waals surface area (Å²) in [5, 5.41) is 6.75. The number of hydrogen-bond donors (Lipinski definition) is 2. The lowest BCUT2D eigenvalue weighted by Crippen LogP contribution is -2.23. The van der Waals surface area contributed by atoms with Gasteiger partial charge in [0.2, 0.25) is 0 Å². The monoisotopic (exact) mass is 180 g/mol. The summed E-state index contributed by atoms with van der Waals surface area (Å²) in [6, 6.07) is 3.92. The third-order valence-electron chi connectivity index (χ3n) is 2.47. The molecule has 1 saturated heterocycles. The van der Waals surface area contributed by atoms with Crippen molar-refractivity contribution >= 4 is 0 Å². The molecule has 1 aliphatic rings. The zero-order valence-electron chi connectivity index (χ0n) is 7.75. The van der Waals surface area contributed by atoms with Crippen molar-refractivity contribution in [3.63, 3.8) is 0 Å². The SMILES string of the molecule is c1coc(CNC[C@@H]2CCNC2)c1. The van der Waals surface area contributed by atoms with E-state index in [9.17, 15) is 0 Å². The van der Waals surface area contributed by atoms with Crippen LogP contribution in [0.3, 0.4) is 0 Å². The Morgan fingerprint density at radius 2 is 2.62 bits per heavy atom. The van der Waals surface area contributed by atoms with E-state index in [1.54, 1.807) is 6.26 Å². The Balaban J connectivity index is 1.63. The first-order valence-corrected chi connectivity index (χ1v) is 4.89. The molecule has 2 rings (SSSR count). The molecule has 1 fully saturated rings. The zero-order valence-corrected chi connectivity index (χ0v) is 7.75. The molecule has 3 nitrogen and oxygen atoms in total. The van der Waals surface area contributed by atoms with E-state index < -0.39 is 0 Å². The van der Waals surface area contributed by atoms with Crippen molar-refractivity contribution in [3.05, 3.63) is 24.2 Å². The highest BCUT2D eigenvalue weighted by Crippen LogP contribution is 2.06. The molecule has 1 aromatic rings. The lowest BCUT2D eigenvalue weighted by Gasteiger charge is -2.08. The molecule has 2 N–H and O–H groups in total. The van der Waals surface area contributed by atoms with Crippen LogP contribution in [0.15, 0.2) is 22.8 Å².